The molecule has 0 spiro atoms. The molecule has 0 radical (unpaired) electrons. The monoisotopic (exact) mass is 386 g/mol. The van der Waals surface area contributed by atoms with E-state index >= 15 is 0 Å². The Morgan fingerprint density at radius 1 is 0.966 bits per heavy atom. The van der Waals surface area contributed by atoms with E-state index in [1.807, 2.05) is 48.8 Å². The van der Waals surface area contributed by atoms with Crippen molar-refractivity contribution in [2.75, 3.05) is 18.0 Å². The highest BCUT2D eigenvalue weighted by atomic mass is 16.1. The zero-order chi connectivity index (χ0) is 20.1. The predicted molar refractivity (Wildman–Crippen MR) is 116 cm³/mol. The van der Waals surface area contributed by atoms with Crippen molar-refractivity contribution in [3.05, 3.63) is 77.6 Å². The van der Waals surface area contributed by atoms with Crippen LogP contribution in [0.15, 0.2) is 60.9 Å². The molecule has 1 aliphatic rings. The molecule has 0 bridgehead atoms. The number of nitrogens with one attached hydrogen (secondary N) is 1. The number of carbonyl (C=O) groups is 1. The van der Waals surface area contributed by atoms with Gasteiger partial charge in [-0.05, 0) is 49.4 Å². The van der Waals surface area contributed by atoms with Gasteiger partial charge in [-0.25, -0.2) is 9.97 Å². The Balaban J connectivity index is 1.43. The summed E-state index contributed by atoms with van der Waals surface area (Å²) >= 11 is 0. The van der Waals surface area contributed by atoms with Crippen molar-refractivity contribution in [2.24, 2.45) is 0 Å². The van der Waals surface area contributed by atoms with Crippen LogP contribution in [0.2, 0.25) is 0 Å². The number of aromatic nitrogens is 2. The number of hydrogen-bond donors (Lipinski definition) is 1. The third-order valence-electron chi connectivity index (χ3n) is 5.31. The first-order chi connectivity index (χ1) is 14.2. The van der Waals surface area contributed by atoms with Crippen LogP contribution in [-0.4, -0.2) is 29.0 Å². The minimum Gasteiger partial charge on any atom is -0.348 e. The average molecular weight is 386 g/mol. The second kappa shape index (κ2) is 8.86. The molecular weight excluding hydrogens is 360 g/mol. The molecule has 1 N–H and O–H groups in total. The second-order valence-electron chi connectivity index (χ2n) is 7.57. The summed E-state index contributed by atoms with van der Waals surface area (Å²) in [7, 11) is 0. The molecular formula is C24H26N4O. The minimum absolute atomic E-state index is 0.0849. The van der Waals surface area contributed by atoms with E-state index in [1.54, 1.807) is 0 Å². The lowest BCUT2D eigenvalue weighted by molar-refractivity contribution is 0.0951. The van der Waals surface area contributed by atoms with Gasteiger partial charge >= 0.3 is 0 Å². The van der Waals surface area contributed by atoms with E-state index in [-0.39, 0.29) is 5.91 Å². The fraction of sp³-hybridized carbons (Fsp3) is 0.292. The lowest BCUT2D eigenvalue weighted by atomic mass is 10.1. The van der Waals surface area contributed by atoms with E-state index in [1.165, 1.54) is 24.8 Å². The summed E-state index contributed by atoms with van der Waals surface area (Å²) < 4.78 is 0. The molecule has 1 saturated heterocycles. The molecule has 2 heterocycles. The molecule has 5 nitrogen and oxygen atoms in total. The fourth-order valence-corrected chi connectivity index (χ4v) is 3.56. The van der Waals surface area contributed by atoms with Crippen molar-refractivity contribution in [1.82, 2.24) is 15.3 Å². The summed E-state index contributed by atoms with van der Waals surface area (Å²) in [6.07, 6.45) is 7.38. The molecule has 1 amide bonds. The van der Waals surface area contributed by atoms with Gasteiger partial charge in [-0.2, -0.15) is 0 Å². The maximum Gasteiger partial charge on any atom is 0.251 e. The summed E-state index contributed by atoms with van der Waals surface area (Å²) in [6, 6.07) is 15.8. The topological polar surface area (TPSA) is 58.1 Å². The van der Waals surface area contributed by atoms with E-state index in [0.29, 0.717) is 12.1 Å². The van der Waals surface area contributed by atoms with Crippen LogP contribution in [0, 0.1) is 6.92 Å². The van der Waals surface area contributed by atoms with Crippen LogP contribution in [0.25, 0.3) is 11.1 Å². The summed E-state index contributed by atoms with van der Waals surface area (Å²) in [4.78, 5) is 23.9. The van der Waals surface area contributed by atoms with Crippen LogP contribution >= 0.6 is 0 Å². The van der Waals surface area contributed by atoms with Gasteiger partial charge in [0.2, 0.25) is 5.95 Å². The van der Waals surface area contributed by atoms with Crippen molar-refractivity contribution in [3.8, 4) is 11.1 Å². The van der Waals surface area contributed by atoms with Gasteiger partial charge in [-0.1, -0.05) is 42.0 Å². The number of hydrogen-bond acceptors (Lipinski definition) is 4. The largest absolute Gasteiger partial charge is 0.348 e. The van der Waals surface area contributed by atoms with Crippen molar-refractivity contribution in [3.63, 3.8) is 0 Å². The minimum atomic E-state index is -0.0849. The first-order valence-corrected chi connectivity index (χ1v) is 10.2. The smallest absolute Gasteiger partial charge is 0.251 e. The summed E-state index contributed by atoms with van der Waals surface area (Å²) in [5.74, 6) is 0.707. The number of rotatable bonds is 5. The molecule has 0 aliphatic carbocycles. The Morgan fingerprint density at radius 2 is 1.69 bits per heavy atom. The number of nitrogens with zero attached hydrogens (tertiary/aromatic N) is 3. The Hall–Kier alpha value is -3.21. The van der Waals surface area contributed by atoms with Gasteiger partial charge in [0.1, 0.15) is 0 Å². The van der Waals surface area contributed by atoms with Crippen molar-refractivity contribution in [1.29, 1.82) is 0 Å². The zero-order valence-electron chi connectivity index (χ0n) is 16.8. The predicted octanol–water partition coefficient (Wildman–Crippen LogP) is 4.37. The summed E-state index contributed by atoms with van der Waals surface area (Å²) in [5, 5.41) is 2.99. The molecule has 0 unspecified atom stereocenters. The SMILES string of the molecule is Cc1ccc(CNC(=O)c2cccc(-c3cnc(N4CCCCC4)nc3)c2)cc1. The number of benzene rings is 2. The first-order valence-electron chi connectivity index (χ1n) is 10.2. The molecule has 3 aromatic rings. The molecule has 1 fully saturated rings. The van der Waals surface area contributed by atoms with Crippen LogP contribution in [-0.2, 0) is 6.54 Å². The van der Waals surface area contributed by atoms with Gasteiger partial charge in [0, 0.05) is 43.2 Å². The van der Waals surface area contributed by atoms with Gasteiger partial charge in [-0.15, -0.1) is 0 Å². The van der Waals surface area contributed by atoms with Gasteiger partial charge in [0.05, 0.1) is 0 Å². The van der Waals surface area contributed by atoms with Crippen LogP contribution in [0.1, 0.15) is 40.7 Å². The third-order valence-corrected chi connectivity index (χ3v) is 5.31. The molecule has 29 heavy (non-hydrogen) atoms. The normalized spacial score (nSPS) is 13.9. The lowest BCUT2D eigenvalue weighted by Crippen LogP contribution is -2.30. The Kier molecular flexibility index (Phi) is 5.84. The number of carbonyl (C=O) groups excluding carboxylic acids is 1. The molecule has 4 rings (SSSR count). The van der Waals surface area contributed by atoms with E-state index in [0.717, 1.165) is 35.7 Å². The second-order valence-corrected chi connectivity index (χ2v) is 7.57. The summed E-state index contributed by atoms with van der Waals surface area (Å²) in [5.41, 5.74) is 4.79. The number of piperidine rings is 1. The van der Waals surface area contributed by atoms with Gasteiger partial charge < -0.3 is 10.2 Å². The molecule has 2 aromatic carbocycles. The van der Waals surface area contributed by atoms with E-state index in [9.17, 15) is 4.79 Å². The maximum absolute atomic E-state index is 12.6. The van der Waals surface area contributed by atoms with Gasteiger partial charge in [-0.3, -0.25) is 4.79 Å². The summed E-state index contributed by atoms with van der Waals surface area (Å²) in [6.45, 7) is 4.61. The highest BCUT2D eigenvalue weighted by Gasteiger charge is 2.13. The quantitative estimate of drug-likeness (QED) is 0.707. The molecule has 5 heteroatoms. The Bertz CT molecular complexity index is 961. The van der Waals surface area contributed by atoms with Gasteiger partial charge in [0.15, 0.2) is 0 Å². The Morgan fingerprint density at radius 3 is 2.41 bits per heavy atom. The Labute approximate surface area is 171 Å². The molecule has 1 aliphatic heterocycles. The van der Waals surface area contributed by atoms with Crippen LogP contribution in [0.5, 0.6) is 0 Å². The highest BCUT2D eigenvalue weighted by molar-refractivity contribution is 5.95. The molecule has 1 aromatic heterocycles. The molecule has 0 atom stereocenters. The molecule has 148 valence electrons. The third kappa shape index (κ3) is 4.80. The number of amides is 1. The van der Waals surface area contributed by atoms with E-state index in [2.05, 4.69) is 39.2 Å². The number of aryl methyl sites for hydroxylation is 1. The van der Waals surface area contributed by atoms with E-state index < -0.39 is 0 Å². The maximum atomic E-state index is 12.6. The average Bonchev–Trinajstić information content (AvgIpc) is 2.79. The van der Waals surface area contributed by atoms with E-state index in [4.69, 9.17) is 0 Å². The zero-order valence-corrected chi connectivity index (χ0v) is 16.8. The van der Waals surface area contributed by atoms with Crippen molar-refractivity contribution in [2.45, 2.75) is 32.7 Å². The number of anilines is 1. The van der Waals surface area contributed by atoms with Crippen molar-refractivity contribution >= 4 is 11.9 Å². The van der Waals surface area contributed by atoms with Crippen LogP contribution in [0.4, 0.5) is 5.95 Å². The van der Waals surface area contributed by atoms with Gasteiger partial charge in [0.25, 0.3) is 5.91 Å². The highest BCUT2D eigenvalue weighted by Crippen LogP contribution is 2.22. The lowest BCUT2D eigenvalue weighted by Gasteiger charge is -2.26. The van der Waals surface area contributed by atoms with Crippen LogP contribution in [0.3, 0.4) is 0 Å². The fourth-order valence-electron chi connectivity index (χ4n) is 3.56. The van der Waals surface area contributed by atoms with Crippen LogP contribution < -0.4 is 10.2 Å². The first kappa shape index (κ1) is 19.1. The molecule has 0 saturated carbocycles. The standard InChI is InChI=1S/C24H26N4O/c1-18-8-10-19(11-9-18)15-25-23(29)21-7-5-6-20(14-21)22-16-26-24(27-17-22)28-12-3-2-4-13-28/h5-11,14,16-17H,2-4,12-13,15H2,1H3,(H,25,29). The van der Waals surface area contributed by atoms with Crippen molar-refractivity contribution < 1.29 is 4.79 Å².